The molecule has 23 heavy (non-hydrogen) atoms. The number of carbonyl (C=O) groups excluding carboxylic acids is 2. The first kappa shape index (κ1) is 14.4. The van der Waals surface area contributed by atoms with Crippen molar-refractivity contribution < 1.29 is 39.5 Å². The van der Waals surface area contributed by atoms with Gasteiger partial charge < -0.3 is 25.2 Å². The Morgan fingerprint density at radius 2 is 1.57 bits per heavy atom. The van der Waals surface area contributed by atoms with Crippen LogP contribution >= 0.6 is 0 Å². The highest BCUT2D eigenvalue weighted by molar-refractivity contribution is 6.30. The summed E-state index contributed by atoms with van der Waals surface area (Å²) in [6.45, 7) is 0. The summed E-state index contributed by atoms with van der Waals surface area (Å²) in [7, 11) is 0. The van der Waals surface area contributed by atoms with Gasteiger partial charge in [0, 0.05) is 17.2 Å². The fourth-order valence-corrected chi connectivity index (χ4v) is 2.44. The molecule has 8 heteroatoms. The topological polar surface area (TPSA) is 141 Å². The van der Waals surface area contributed by atoms with E-state index in [-0.39, 0.29) is 16.9 Å². The minimum Gasteiger partial charge on any atom is -0.508 e. The van der Waals surface area contributed by atoms with Crippen molar-refractivity contribution in [2.75, 3.05) is 0 Å². The molecule has 0 spiro atoms. The Morgan fingerprint density at radius 1 is 0.913 bits per heavy atom. The van der Waals surface area contributed by atoms with Crippen LogP contribution in [0.2, 0.25) is 0 Å². The molecule has 0 fully saturated rings. The largest absolute Gasteiger partial charge is 0.511 e. The molecule has 116 valence electrons. The number of hydrogen-bond donors (Lipinski definition) is 4. The number of ether oxygens (including phenoxy) is 1. The molecular formula is C15H8O8. The van der Waals surface area contributed by atoms with E-state index in [2.05, 4.69) is 4.74 Å². The van der Waals surface area contributed by atoms with Gasteiger partial charge in [-0.05, 0) is 18.2 Å². The Morgan fingerprint density at radius 3 is 2.22 bits per heavy atom. The lowest BCUT2D eigenvalue weighted by Crippen LogP contribution is -2.22. The van der Waals surface area contributed by atoms with Crippen LogP contribution in [-0.4, -0.2) is 38.1 Å². The minimum atomic E-state index is -1.76. The molecule has 8 nitrogen and oxygen atoms in total. The van der Waals surface area contributed by atoms with Crippen molar-refractivity contribution in [1.29, 1.82) is 0 Å². The number of benzene rings is 2. The van der Waals surface area contributed by atoms with Crippen LogP contribution < -0.4 is 4.74 Å². The highest BCUT2D eigenvalue weighted by Crippen LogP contribution is 2.43. The highest BCUT2D eigenvalue weighted by Gasteiger charge is 2.37. The molecule has 0 heterocycles. The molecule has 0 aromatic heterocycles. The van der Waals surface area contributed by atoms with Crippen LogP contribution in [0.15, 0.2) is 24.3 Å². The molecule has 0 radical (unpaired) electrons. The fourth-order valence-electron chi connectivity index (χ4n) is 2.44. The van der Waals surface area contributed by atoms with Crippen LogP contribution in [0.1, 0.15) is 31.8 Å². The second-order valence-corrected chi connectivity index (χ2v) is 4.75. The maximum absolute atomic E-state index is 12.5. The Kier molecular flexibility index (Phi) is 2.96. The number of phenolic OH excluding ortho intramolecular Hbond substituents is 3. The first-order chi connectivity index (χ1) is 10.8. The standard InChI is InChI=1S/C15H8O8/c16-5-1-2-6-7(3-5)13(19)10-9(23-15(21)22)4-8(17)14(20)11(10)12(6)18/h1-4,16-17,20H,(H,21,22). The summed E-state index contributed by atoms with van der Waals surface area (Å²) in [5, 5.41) is 37.7. The Labute approximate surface area is 127 Å². The molecule has 0 atom stereocenters. The zero-order valence-corrected chi connectivity index (χ0v) is 11.2. The molecule has 2 aromatic rings. The second-order valence-electron chi connectivity index (χ2n) is 4.75. The maximum atomic E-state index is 12.5. The van der Waals surface area contributed by atoms with Crippen LogP contribution in [0.5, 0.6) is 23.0 Å². The summed E-state index contributed by atoms with van der Waals surface area (Å²) >= 11 is 0. The van der Waals surface area contributed by atoms with E-state index >= 15 is 0 Å². The van der Waals surface area contributed by atoms with Gasteiger partial charge in [0.2, 0.25) is 0 Å². The van der Waals surface area contributed by atoms with Gasteiger partial charge in [-0.3, -0.25) is 9.59 Å². The van der Waals surface area contributed by atoms with E-state index in [9.17, 15) is 29.7 Å². The van der Waals surface area contributed by atoms with Crippen molar-refractivity contribution in [1.82, 2.24) is 0 Å². The average molecular weight is 316 g/mol. The van der Waals surface area contributed by atoms with Gasteiger partial charge in [-0.15, -0.1) is 0 Å². The SMILES string of the molecule is O=C(O)Oc1cc(O)c(O)c2c1C(=O)c1cc(O)ccc1C2=O. The van der Waals surface area contributed by atoms with Crippen molar-refractivity contribution in [2.24, 2.45) is 0 Å². The zero-order chi connectivity index (χ0) is 16.9. The van der Waals surface area contributed by atoms with Crippen molar-refractivity contribution in [3.8, 4) is 23.0 Å². The van der Waals surface area contributed by atoms with Crippen LogP contribution in [0.3, 0.4) is 0 Å². The van der Waals surface area contributed by atoms with E-state index in [1.165, 1.54) is 12.1 Å². The Hall–Kier alpha value is -3.55. The van der Waals surface area contributed by atoms with Crippen LogP contribution in [-0.2, 0) is 0 Å². The van der Waals surface area contributed by atoms with E-state index in [0.717, 1.165) is 12.1 Å². The molecule has 3 rings (SSSR count). The monoisotopic (exact) mass is 316 g/mol. The van der Waals surface area contributed by atoms with Crippen molar-refractivity contribution in [2.45, 2.75) is 0 Å². The summed E-state index contributed by atoms with van der Waals surface area (Å²) in [4.78, 5) is 35.7. The predicted octanol–water partition coefficient (Wildman–Crippen LogP) is 1.64. The number of carboxylic acid groups (broad SMARTS) is 1. The van der Waals surface area contributed by atoms with Gasteiger partial charge in [-0.2, -0.15) is 0 Å². The van der Waals surface area contributed by atoms with E-state index in [1.54, 1.807) is 0 Å². The smallest absolute Gasteiger partial charge is 0.508 e. The third-order valence-electron chi connectivity index (χ3n) is 3.39. The normalized spacial score (nSPS) is 12.5. The second kappa shape index (κ2) is 4.73. The molecule has 1 aliphatic carbocycles. The molecule has 0 bridgehead atoms. The molecular weight excluding hydrogens is 308 g/mol. The molecule has 1 aliphatic rings. The number of aromatic hydroxyl groups is 3. The number of ketones is 2. The van der Waals surface area contributed by atoms with Crippen LogP contribution in [0.4, 0.5) is 4.79 Å². The predicted molar refractivity (Wildman–Crippen MR) is 73.4 cm³/mol. The lowest BCUT2D eigenvalue weighted by atomic mass is 9.82. The number of fused-ring (bicyclic) bond motifs is 2. The fraction of sp³-hybridized carbons (Fsp3) is 0. The first-order valence-electron chi connectivity index (χ1n) is 6.23. The van der Waals surface area contributed by atoms with Gasteiger partial charge >= 0.3 is 6.16 Å². The average Bonchev–Trinajstić information content (AvgIpc) is 2.47. The molecule has 0 unspecified atom stereocenters. The number of hydrogen-bond acceptors (Lipinski definition) is 7. The first-order valence-corrected chi connectivity index (χ1v) is 6.23. The van der Waals surface area contributed by atoms with E-state index in [4.69, 9.17) is 5.11 Å². The summed E-state index contributed by atoms with van der Waals surface area (Å²) in [5.41, 5.74) is -1.31. The minimum absolute atomic E-state index is 0.0949. The molecule has 4 N–H and O–H groups in total. The van der Waals surface area contributed by atoms with Gasteiger partial charge in [0.25, 0.3) is 0 Å². The molecule has 0 saturated heterocycles. The summed E-state index contributed by atoms with van der Waals surface area (Å²) in [5.74, 6) is -4.14. The van der Waals surface area contributed by atoms with Gasteiger partial charge in [0.15, 0.2) is 23.1 Å². The van der Waals surface area contributed by atoms with Gasteiger partial charge in [0.05, 0.1) is 11.1 Å². The van der Waals surface area contributed by atoms with Crippen LogP contribution in [0, 0.1) is 0 Å². The summed E-state index contributed by atoms with van der Waals surface area (Å²) in [6.07, 6.45) is -1.76. The number of rotatable bonds is 1. The highest BCUT2D eigenvalue weighted by atomic mass is 16.7. The quantitative estimate of drug-likeness (QED) is 0.301. The number of carbonyl (C=O) groups is 3. The maximum Gasteiger partial charge on any atom is 0.511 e. The molecule has 2 aromatic carbocycles. The number of phenols is 3. The van der Waals surface area contributed by atoms with E-state index < -0.39 is 46.1 Å². The van der Waals surface area contributed by atoms with E-state index in [1.807, 2.05) is 0 Å². The van der Waals surface area contributed by atoms with Crippen molar-refractivity contribution in [3.63, 3.8) is 0 Å². The van der Waals surface area contributed by atoms with Crippen LogP contribution in [0.25, 0.3) is 0 Å². The Balaban J connectivity index is 2.36. The van der Waals surface area contributed by atoms with Crippen molar-refractivity contribution >= 4 is 17.7 Å². The van der Waals surface area contributed by atoms with Gasteiger partial charge in [0.1, 0.15) is 11.5 Å². The third kappa shape index (κ3) is 2.04. The summed E-state index contributed by atoms with van der Waals surface area (Å²) < 4.78 is 4.42. The summed E-state index contributed by atoms with van der Waals surface area (Å²) in [6, 6.07) is 4.15. The van der Waals surface area contributed by atoms with Gasteiger partial charge in [-0.25, -0.2) is 4.79 Å². The Bertz CT molecular complexity index is 897. The van der Waals surface area contributed by atoms with Gasteiger partial charge in [-0.1, -0.05) is 0 Å². The third-order valence-corrected chi connectivity index (χ3v) is 3.39. The lowest BCUT2D eigenvalue weighted by molar-refractivity contribution is 0.0970. The molecule has 0 saturated carbocycles. The zero-order valence-electron chi connectivity index (χ0n) is 11.2. The van der Waals surface area contributed by atoms with Crippen molar-refractivity contribution in [3.05, 3.63) is 46.5 Å². The molecule has 0 amide bonds. The van der Waals surface area contributed by atoms with E-state index in [0.29, 0.717) is 0 Å². The lowest BCUT2D eigenvalue weighted by Gasteiger charge is -2.20. The molecule has 0 aliphatic heterocycles.